The molecule has 0 saturated heterocycles. The van der Waals surface area contributed by atoms with E-state index in [1.165, 1.54) is 33.3 Å². The number of hydrogen-bond donors (Lipinski definition) is 3. The van der Waals surface area contributed by atoms with Crippen LogP contribution in [0.2, 0.25) is 0 Å². The number of benzene rings is 1. The van der Waals surface area contributed by atoms with Crippen LogP contribution < -0.4 is 10.1 Å². The molecule has 1 atom stereocenters. The number of aliphatic hydroxyl groups is 2. The zero-order valence-corrected chi connectivity index (χ0v) is 14.0. The molecule has 0 amide bonds. The van der Waals surface area contributed by atoms with Crippen LogP contribution in [0.15, 0.2) is 17.0 Å². The van der Waals surface area contributed by atoms with E-state index >= 15 is 0 Å². The average molecular weight is 347 g/mol. The number of rotatable bonds is 8. The molecule has 0 heterocycles. The molecule has 0 aliphatic rings. The number of methoxy groups -OCH3 is 2. The van der Waals surface area contributed by atoms with Crippen LogP contribution in [0.1, 0.15) is 17.3 Å². The van der Waals surface area contributed by atoms with Gasteiger partial charge >= 0.3 is 5.97 Å². The van der Waals surface area contributed by atoms with Gasteiger partial charge in [0.05, 0.1) is 43.3 Å². The molecule has 9 heteroatoms. The normalized spacial score (nSPS) is 12.6. The predicted molar refractivity (Wildman–Crippen MR) is 83.6 cm³/mol. The first-order valence-corrected chi connectivity index (χ1v) is 8.51. The van der Waals surface area contributed by atoms with Crippen molar-refractivity contribution in [1.29, 1.82) is 0 Å². The molecule has 1 rings (SSSR count). The highest BCUT2D eigenvalue weighted by Crippen LogP contribution is 2.31. The second-order valence-corrected chi connectivity index (χ2v) is 6.91. The summed E-state index contributed by atoms with van der Waals surface area (Å²) in [4.78, 5) is 11.7. The van der Waals surface area contributed by atoms with Crippen LogP contribution in [-0.4, -0.2) is 63.8 Å². The zero-order valence-electron chi connectivity index (χ0n) is 13.2. The van der Waals surface area contributed by atoms with Crippen molar-refractivity contribution in [2.24, 2.45) is 0 Å². The highest BCUT2D eigenvalue weighted by Gasteiger charge is 2.24. The minimum absolute atomic E-state index is 0.0183. The third-order valence-corrected chi connectivity index (χ3v) is 4.93. The van der Waals surface area contributed by atoms with Gasteiger partial charge in [0.1, 0.15) is 11.3 Å². The molecule has 0 saturated carbocycles. The first-order chi connectivity index (χ1) is 10.8. The monoisotopic (exact) mass is 347 g/mol. The summed E-state index contributed by atoms with van der Waals surface area (Å²) in [5.74, 6) is -0.763. The van der Waals surface area contributed by atoms with Gasteiger partial charge in [-0.25, -0.2) is 13.2 Å². The minimum Gasteiger partial charge on any atom is -0.496 e. The largest absolute Gasteiger partial charge is 0.496 e. The summed E-state index contributed by atoms with van der Waals surface area (Å²) in [6.07, 6.45) is -1.06. The second kappa shape index (κ2) is 8.14. The Morgan fingerprint density at radius 2 is 2.00 bits per heavy atom. The molecular formula is C14H21NO7S. The van der Waals surface area contributed by atoms with E-state index in [1.807, 2.05) is 0 Å². The Bertz CT molecular complexity index is 657. The summed E-state index contributed by atoms with van der Waals surface area (Å²) in [6.45, 7) is 0.938. The molecule has 0 bridgehead atoms. The molecule has 8 nitrogen and oxygen atoms in total. The fourth-order valence-electron chi connectivity index (χ4n) is 1.84. The SMILES string of the molecule is CCS(=O)(=O)c1cc(C(=O)OC)c(OC)cc1NCC(O)CO. The Morgan fingerprint density at radius 3 is 2.48 bits per heavy atom. The van der Waals surface area contributed by atoms with Crippen molar-refractivity contribution in [3.05, 3.63) is 17.7 Å². The van der Waals surface area contributed by atoms with Gasteiger partial charge in [0.25, 0.3) is 0 Å². The molecule has 0 fully saturated rings. The van der Waals surface area contributed by atoms with Gasteiger partial charge in [0.2, 0.25) is 0 Å². The predicted octanol–water partition coefficient (Wildman–Crippen LogP) is 0.0405. The summed E-state index contributed by atoms with van der Waals surface area (Å²) in [5, 5.41) is 21.0. The number of carbonyl (C=O) groups is 1. The van der Waals surface area contributed by atoms with Gasteiger partial charge in [-0.1, -0.05) is 6.92 Å². The van der Waals surface area contributed by atoms with E-state index in [1.54, 1.807) is 0 Å². The fraction of sp³-hybridized carbons (Fsp3) is 0.500. The maximum Gasteiger partial charge on any atom is 0.341 e. The standard InChI is InChI=1S/C14H21NO7S/c1-4-23(19,20)13-5-10(14(18)22-3)12(21-2)6-11(13)15-7-9(17)8-16/h5-6,9,15-17H,4,7-8H2,1-3H3. The first-order valence-electron chi connectivity index (χ1n) is 6.86. The van der Waals surface area contributed by atoms with Crippen LogP contribution in [0.5, 0.6) is 5.75 Å². The molecule has 130 valence electrons. The van der Waals surface area contributed by atoms with E-state index in [0.717, 1.165) is 0 Å². The van der Waals surface area contributed by atoms with Gasteiger partial charge in [-0.3, -0.25) is 0 Å². The van der Waals surface area contributed by atoms with Gasteiger partial charge in [0, 0.05) is 12.6 Å². The van der Waals surface area contributed by atoms with Crippen LogP contribution >= 0.6 is 0 Å². The van der Waals surface area contributed by atoms with Gasteiger partial charge in [0.15, 0.2) is 9.84 Å². The maximum atomic E-state index is 12.3. The van der Waals surface area contributed by atoms with Crippen LogP contribution in [0, 0.1) is 0 Å². The molecule has 23 heavy (non-hydrogen) atoms. The van der Waals surface area contributed by atoms with Crippen molar-refractivity contribution >= 4 is 21.5 Å². The van der Waals surface area contributed by atoms with Crippen LogP contribution in [0.4, 0.5) is 5.69 Å². The Kier molecular flexibility index (Phi) is 6.79. The number of hydrogen-bond acceptors (Lipinski definition) is 8. The van der Waals surface area contributed by atoms with Gasteiger partial charge in [-0.2, -0.15) is 0 Å². The number of anilines is 1. The lowest BCUT2D eigenvalue weighted by Crippen LogP contribution is -2.24. The third kappa shape index (κ3) is 4.57. The van der Waals surface area contributed by atoms with E-state index in [-0.39, 0.29) is 34.2 Å². The topological polar surface area (TPSA) is 122 Å². The molecule has 0 spiro atoms. The highest BCUT2D eigenvalue weighted by molar-refractivity contribution is 7.91. The number of carbonyl (C=O) groups excluding carboxylic acids is 1. The Hall–Kier alpha value is -1.84. The van der Waals surface area contributed by atoms with Crippen molar-refractivity contribution in [3.8, 4) is 5.75 Å². The van der Waals surface area contributed by atoms with Crippen molar-refractivity contribution in [1.82, 2.24) is 0 Å². The molecular weight excluding hydrogens is 326 g/mol. The zero-order chi connectivity index (χ0) is 17.6. The van der Waals surface area contributed by atoms with Crippen molar-refractivity contribution < 1.29 is 32.9 Å². The number of sulfone groups is 1. The molecule has 1 unspecified atom stereocenters. The average Bonchev–Trinajstić information content (AvgIpc) is 2.57. The van der Waals surface area contributed by atoms with Gasteiger partial charge in [-0.05, 0) is 6.07 Å². The lowest BCUT2D eigenvalue weighted by Gasteiger charge is -2.17. The summed E-state index contributed by atoms with van der Waals surface area (Å²) < 4.78 is 34.2. The van der Waals surface area contributed by atoms with Crippen LogP contribution in [0.3, 0.4) is 0 Å². The maximum absolute atomic E-state index is 12.3. The lowest BCUT2D eigenvalue weighted by molar-refractivity contribution is 0.0597. The van der Waals surface area contributed by atoms with Gasteiger partial charge in [-0.15, -0.1) is 0 Å². The van der Waals surface area contributed by atoms with Gasteiger partial charge < -0.3 is 25.0 Å². The summed E-state index contributed by atoms with van der Waals surface area (Å²) >= 11 is 0. The molecule has 1 aromatic carbocycles. The van der Waals surface area contributed by atoms with Crippen molar-refractivity contribution in [2.45, 2.75) is 17.9 Å². The molecule has 0 aliphatic heterocycles. The molecule has 0 aliphatic carbocycles. The highest BCUT2D eigenvalue weighted by atomic mass is 32.2. The second-order valence-electron chi connectivity index (χ2n) is 4.66. The Morgan fingerprint density at radius 1 is 1.35 bits per heavy atom. The van der Waals surface area contributed by atoms with E-state index in [9.17, 15) is 18.3 Å². The minimum atomic E-state index is -3.64. The van der Waals surface area contributed by atoms with E-state index < -0.39 is 28.5 Å². The van der Waals surface area contributed by atoms with E-state index in [4.69, 9.17) is 9.84 Å². The molecule has 0 radical (unpaired) electrons. The fourth-order valence-corrected chi connectivity index (χ4v) is 2.92. The quantitative estimate of drug-likeness (QED) is 0.564. The van der Waals surface area contributed by atoms with E-state index in [0.29, 0.717) is 0 Å². The molecule has 3 N–H and O–H groups in total. The van der Waals surface area contributed by atoms with Crippen LogP contribution in [0.25, 0.3) is 0 Å². The Balaban J connectivity index is 3.44. The summed E-state index contributed by atoms with van der Waals surface area (Å²) in [6, 6.07) is 2.52. The van der Waals surface area contributed by atoms with Crippen molar-refractivity contribution in [3.63, 3.8) is 0 Å². The Labute approximate surface area is 135 Å². The van der Waals surface area contributed by atoms with Crippen LogP contribution in [-0.2, 0) is 14.6 Å². The van der Waals surface area contributed by atoms with Crippen molar-refractivity contribution in [2.75, 3.05) is 38.4 Å². The number of esters is 1. The lowest BCUT2D eigenvalue weighted by atomic mass is 10.1. The number of aliphatic hydroxyl groups excluding tert-OH is 2. The third-order valence-electron chi connectivity index (χ3n) is 3.16. The summed E-state index contributed by atoms with van der Waals surface area (Å²) in [5.41, 5.74) is 0.152. The number of ether oxygens (including phenoxy) is 2. The number of nitrogens with one attached hydrogen (secondary N) is 1. The molecule has 0 aromatic heterocycles. The molecule has 1 aromatic rings. The summed E-state index contributed by atoms with van der Waals surface area (Å²) in [7, 11) is -1.13. The van der Waals surface area contributed by atoms with E-state index in [2.05, 4.69) is 10.1 Å². The first kappa shape index (κ1) is 19.2. The smallest absolute Gasteiger partial charge is 0.341 e.